The lowest BCUT2D eigenvalue weighted by Gasteiger charge is -2.31. The topological polar surface area (TPSA) is 54.5 Å². The quantitative estimate of drug-likeness (QED) is 0.518. The van der Waals surface area contributed by atoms with Crippen molar-refractivity contribution in [3.8, 4) is 5.75 Å². The highest BCUT2D eigenvalue weighted by Crippen LogP contribution is 2.25. The molecule has 0 aliphatic carbocycles. The van der Waals surface area contributed by atoms with Crippen molar-refractivity contribution in [1.29, 1.82) is 0 Å². The molecule has 1 aliphatic heterocycles. The van der Waals surface area contributed by atoms with Gasteiger partial charge in [-0.2, -0.15) is 0 Å². The molecule has 5 nitrogen and oxygen atoms in total. The fourth-order valence-electron chi connectivity index (χ4n) is 4.45. The number of hydrogen-bond acceptors (Lipinski definition) is 4. The van der Waals surface area contributed by atoms with Crippen molar-refractivity contribution in [1.82, 2.24) is 15.2 Å². The minimum atomic E-state index is -0.236. The predicted molar refractivity (Wildman–Crippen MR) is 137 cm³/mol. The molecule has 1 aromatic heterocycles. The van der Waals surface area contributed by atoms with Crippen LogP contribution < -0.4 is 10.1 Å². The summed E-state index contributed by atoms with van der Waals surface area (Å²) in [6.45, 7) is 4.77. The highest BCUT2D eigenvalue weighted by Gasteiger charge is 2.28. The van der Waals surface area contributed by atoms with Gasteiger partial charge >= 0.3 is 0 Å². The molecule has 1 unspecified atom stereocenters. The first-order valence-corrected chi connectivity index (χ1v) is 11.9. The van der Waals surface area contributed by atoms with Gasteiger partial charge in [0.15, 0.2) is 0 Å². The zero-order valence-corrected chi connectivity index (χ0v) is 20.0. The third-order valence-corrected chi connectivity index (χ3v) is 6.49. The van der Waals surface area contributed by atoms with Gasteiger partial charge in [-0.1, -0.05) is 60.7 Å². The Hall–Kier alpha value is -3.44. The van der Waals surface area contributed by atoms with E-state index in [0.717, 1.165) is 60.6 Å². The van der Waals surface area contributed by atoms with Crippen molar-refractivity contribution in [3.63, 3.8) is 0 Å². The first-order valence-electron chi connectivity index (χ1n) is 11.9. The number of ether oxygens (including phenoxy) is 1. The molecule has 1 atom stereocenters. The van der Waals surface area contributed by atoms with Crippen molar-refractivity contribution in [3.05, 3.63) is 101 Å². The number of pyridine rings is 1. The predicted octanol–water partition coefficient (Wildman–Crippen LogP) is 5.03. The number of nitrogens with zero attached hydrogens (tertiary/aromatic N) is 2. The Labute approximate surface area is 202 Å². The van der Waals surface area contributed by atoms with Crippen LogP contribution in [-0.2, 0) is 4.79 Å². The van der Waals surface area contributed by atoms with Crippen LogP contribution in [0.4, 0.5) is 0 Å². The Kier molecular flexibility index (Phi) is 8.10. The molecule has 34 heavy (non-hydrogen) atoms. The number of carbonyl (C=O) groups is 1. The number of piperidine rings is 1. The summed E-state index contributed by atoms with van der Waals surface area (Å²) in [6, 6.07) is 21.9. The Morgan fingerprint density at radius 3 is 2.50 bits per heavy atom. The third-order valence-electron chi connectivity index (χ3n) is 6.49. The summed E-state index contributed by atoms with van der Waals surface area (Å²) in [5.41, 5.74) is 4.20. The second-order valence-corrected chi connectivity index (χ2v) is 8.81. The number of carbonyl (C=O) groups excluding carboxylic acids is 1. The second kappa shape index (κ2) is 11.6. The molecule has 2 aromatic carbocycles. The summed E-state index contributed by atoms with van der Waals surface area (Å²) in [5, 5.41) is 3.30. The Balaban J connectivity index is 1.33. The standard InChI is InChI=1S/C29H33N3O2/c1-22-8-6-18-30-27(22)28(24-10-4-3-5-11-24)31-29(33)25-16-20-32(21-17-25)19-7-9-23-12-14-26(34-2)15-13-23/h3-15,18,25,28H,16-17,19-21H2,1-2H3,(H,31,33)/b9-7+. The molecule has 0 radical (unpaired) electrons. The first-order chi connectivity index (χ1) is 16.6. The van der Waals surface area contributed by atoms with Crippen LogP contribution in [0.5, 0.6) is 5.75 Å². The number of aryl methyl sites for hydroxylation is 1. The number of benzene rings is 2. The van der Waals surface area contributed by atoms with E-state index in [4.69, 9.17) is 4.74 Å². The summed E-state index contributed by atoms with van der Waals surface area (Å²) < 4.78 is 5.21. The molecule has 0 spiro atoms. The van der Waals surface area contributed by atoms with Gasteiger partial charge < -0.3 is 10.1 Å². The summed E-state index contributed by atoms with van der Waals surface area (Å²) in [4.78, 5) is 20.2. The Bertz CT molecular complexity index is 1090. The molecule has 2 heterocycles. The van der Waals surface area contributed by atoms with Crippen LogP contribution in [0.15, 0.2) is 79.0 Å². The molecule has 3 aromatic rings. The van der Waals surface area contributed by atoms with E-state index >= 15 is 0 Å². The van der Waals surface area contributed by atoms with Crippen molar-refractivity contribution < 1.29 is 9.53 Å². The van der Waals surface area contributed by atoms with E-state index in [9.17, 15) is 4.79 Å². The van der Waals surface area contributed by atoms with E-state index in [1.807, 2.05) is 49.4 Å². The molecule has 4 rings (SSSR count). The zero-order chi connectivity index (χ0) is 23.8. The van der Waals surface area contributed by atoms with Gasteiger partial charge in [0.05, 0.1) is 18.8 Å². The number of aromatic nitrogens is 1. The van der Waals surface area contributed by atoms with Crippen molar-refractivity contribution in [2.24, 2.45) is 5.92 Å². The maximum atomic E-state index is 13.2. The van der Waals surface area contributed by atoms with Gasteiger partial charge in [0.1, 0.15) is 5.75 Å². The van der Waals surface area contributed by atoms with Crippen LogP contribution >= 0.6 is 0 Å². The molecular weight excluding hydrogens is 422 g/mol. The lowest BCUT2D eigenvalue weighted by atomic mass is 9.94. The summed E-state index contributed by atoms with van der Waals surface area (Å²) in [7, 11) is 1.68. The van der Waals surface area contributed by atoms with E-state index in [1.54, 1.807) is 13.3 Å². The number of nitrogens with one attached hydrogen (secondary N) is 1. The zero-order valence-electron chi connectivity index (χ0n) is 20.0. The largest absolute Gasteiger partial charge is 0.497 e. The smallest absolute Gasteiger partial charge is 0.224 e. The number of methoxy groups -OCH3 is 1. The van der Waals surface area contributed by atoms with Gasteiger partial charge in [-0.3, -0.25) is 14.7 Å². The number of hydrogen-bond donors (Lipinski definition) is 1. The summed E-state index contributed by atoms with van der Waals surface area (Å²) >= 11 is 0. The Morgan fingerprint density at radius 2 is 1.82 bits per heavy atom. The maximum absolute atomic E-state index is 13.2. The average molecular weight is 456 g/mol. The van der Waals surface area contributed by atoms with Gasteiger partial charge in [-0.05, 0) is 67.7 Å². The lowest BCUT2D eigenvalue weighted by molar-refractivity contribution is -0.126. The third kappa shape index (κ3) is 6.12. The monoisotopic (exact) mass is 455 g/mol. The van der Waals surface area contributed by atoms with Gasteiger partial charge in [-0.25, -0.2) is 0 Å². The van der Waals surface area contributed by atoms with Crippen LogP contribution in [0.1, 0.15) is 41.3 Å². The van der Waals surface area contributed by atoms with Crippen LogP contribution in [0.2, 0.25) is 0 Å². The van der Waals surface area contributed by atoms with E-state index in [0.29, 0.717) is 0 Å². The highest BCUT2D eigenvalue weighted by atomic mass is 16.5. The molecule has 1 amide bonds. The lowest BCUT2D eigenvalue weighted by Crippen LogP contribution is -2.42. The van der Waals surface area contributed by atoms with Gasteiger partial charge in [-0.15, -0.1) is 0 Å². The number of amides is 1. The van der Waals surface area contributed by atoms with Crippen LogP contribution in [0.25, 0.3) is 6.08 Å². The molecule has 0 bridgehead atoms. The molecule has 0 saturated carbocycles. The van der Waals surface area contributed by atoms with Crippen molar-refractivity contribution in [2.75, 3.05) is 26.7 Å². The molecule has 1 fully saturated rings. The first kappa shape index (κ1) is 23.7. The van der Waals surface area contributed by atoms with Crippen LogP contribution in [0.3, 0.4) is 0 Å². The van der Waals surface area contributed by atoms with E-state index < -0.39 is 0 Å². The van der Waals surface area contributed by atoms with Crippen molar-refractivity contribution >= 4 is 12.0 Å². The molecule has 1 N–H and O–H groups in total. The fraction of sp³-hybridized carbons (Fsp3) is 0.310. The van der Waals surface area contributed by atoms with E-state index in [1.165, 1.54) is 0 Å². The summed E-state index contributed by atoms with van der Waals surface area (Å²) in [6.07, 6.45) is 7.85. The van der Waals surface area contributed by atoms with E-state index in [-0.39, 0.29) is 17.9 Å². The summed E-state index contributed by atoms with van der Waals surface area (Å²) in [5.74, 6) is 1.01. The average Bonchev–Trinajstić information content (AvgIpc) is 2.89. The molecule has 176 valence electrons. The molecule has 5 heteroatoms. The minimum absolute atomic E-state index is 0.0250. The maximum Gasteiger partial charge on any atom is 0.224 e. The highest BCUT2D eigenvalue weighted by molar-refractivity contribution is 5.79. The fourth-order valence-corrected chi connectivity index (χ4v) is 4.45. The second-order valence-electron chi connectivity index (χ2n) is 8.81. The van der Waals surface area contributed by atoms with Crippen LogP contribution in [-0.4, -0.2) is 42.5 Å². The van der Waals surface area contributed by atoms with Gasteiger partial charge in [0.2, 0.25) is 5.91 Å². The number of likely N-dealkylation sites (tertiary alicyclic amines) is 1. The van der Waals surface area contributed by atoms with Gasteiger partial charge in [0, 0.05) is 18.7 Å². The van der Waals surface area contributed by atoms with Crippen LogP contribution in [0, 0.1) is 12.8 Å². The van der Waals surface area contributed by atoms with Gasteiger partial charge in [0.25, 0.3) is 0 Å². The number of rotatable bonds is 8. The van der Waals surface area contributed by atoms with Crippen molar-refractivity contribution in [2.45, 2.75) is 25.8 Å². The molecule has 1 saturated heterocycles. The molecule has 1 aliphatic rings. The normalized spacial score (nSPS) is 15.8. The minimum Gasteiger partial charge on any atom is -0.497 e. The van der Waals surface area contributed by atoms with E-state index in [2.05, 4.69) is 51.6 Å². The Morgan fingerprint density at radius 1 is 1.09 bits per heavy atom. The molecular formula is C29H33N3O2. The SMILES string of the molecule is COc1ccc(/C=C/CN2CCC(C(=O)NC(c3ccccc3)c3ncccc3C)CC2)cc1.